The van der Waals surface area contributed by atoms with Crippen LogP contribution in [-0.2, 0) is 0 Å². The number of rotatable bonds is 4. The SMILES string of the molecule is [C-]#[N+]/C(C#N)=C1\C(=C/c2ccc(N(c3ccccc3)c3ncc4ccccc4n3)[se]2)C(=O)c2ccccc21. The van der Waals surface area contributed by atoms with Gasteiger partial charge in [-0.25, -0.2) is 0 Å². The van der Waals surface area contributed by atoms with Gasteiger partial charge in [0.2, 0.25) is 0 Å². The van der Waals surface area contributed by atoms with Gasteiger partial charge in [-0.3, -0.25) is 0 Å². The van der Waals surface area contributed by atoms with Crippen molar-refractivity contribution in [3.63, 3.8) is 0 Å². The predicted molar refractivity (Wildman–Crippen MR) is 149 cm³/mol. The molecule has 6 rings (SSSR count). The van der Waals surface area contributed by atoms with Crippen molar-refractivity contribution in [3.8, 4) is 6.07 Å². The molecule has 1 aliphatic rings. The van der Waals surface area contributed by atoms with Crippen LogP contribution in [0.2, 0.25) is 0 Å². The second-order valence-corrected chi connectivity index (χ2v) is 10.8. The molecule has 0 spiro atoms. The summed E-state index contributed by atoms with van der Waals surface area (Å²) in [5, 5.41) is 10.6. The predicted octanol–water partition coefficient (Wildman–Crippen LogP) is 6.59. The molecule has 178 valence electrons. The summed E-state index contributed by atoms with van der Waals surface area (Å²) >= 11 is -0.192. The van der Waals surface area contributed by atoms with Gasteiger partial charge < -0.3 is 0 Å². The van der Waals surface area contributed by atoms with Crippen LogP contribution in [0.15, 0.2) is 108 Å². The Morgan fingerprint density at radius 3 is 2.47 bits per heavy atom. The Balaban J connectivity index is 1.47. The Bertz CT molecular complexity index is 1860. The number of Topliss-reactive ketones (excluding diaryl/α,β-unsaturated/α-hetero) is 1. The molecule has 0 aliphatic heterocycles. The van der Waals surface area contributed by atoms with E-state index in [1.165, 1.54) is 0 Å². The Hall–Kier alpha value is -5.07. The van der Waals surface area contributed by atoms with Gasteiger partial charge in [0, 0.05) is 0 Å². The van der Waals surface area contributed by atoms with E-state index in [-0.39, 0.29) is 26.0 Å². The van der Waals surface area contributed by atoms with Gasteiger partial charge in [-0.15, -0.1) is 0 Å². The third-order valence-corrected chi connectivity index (χ3v) is 8.35. The van der Waals surface area contributed by atoms with Crippen LogP contribution in [0.1, 0.15) is 20.4 Å². The van der Waals surface area contributed by atoms with Gasteiger partial charge in [-0.2, -0.15) is 0 Å². The van der Waals surface area contributed by atoms with Crippen LogP contribution >= 0.6 is 0 Å². The zero-order valence-corrected chi connectivity index (χ0v) is 21.6. The van der Waals surface area contributed by atoms with Gasteiger partial charge in [-0.1, -0.05) is 0 Å². The molecule has 7 heteroatoms. The van der Waals surface area contributed by atoms with Gasteiger partial charge in [0.25, 0.3) is 0 Å². The minimum absolute atomic E-state index is 0.0793. The van der Waals surface area contributed by atoms with Crippen molar-refractivity contribution in [2.24, 2.45) is 0 Å². The number of allylic oxidation sites excluding steroid dienone is 3. The van der Waals surface area contributed by atoms with E-state index in [1.54, 1.807) is 18.2 Å². The zero-order valence-electron chi connectivity index (χ0n) is 19.9. The molecule has 0 amide bonds. The van der Waals surface area contributed by atoms with Crippen molar-refractivity contribution in [2.45, 2.75) is 0 Å². The van der Waals surface area contributed by atoms with Crippen LogP contribution in [0.3, 0.4) is 0 Å². The van der Waals surface area contributed by atoms with E-state index in [9.17, 15) is 10.1 Å². The van der Waals surface area contributed by atoms with Crippen molar-refractivity contribution >= 4 is 59.0 Å². The number of para-hydroxylation sites is 2. The summed E-state index contributed by atoms with van der Waals surface area (Å²) in [6.45, 7) is 7.51. The van der Waals surface area contributed by atoms with Crippen LogP contribution in [0.4, 0.5) is 16.2 Å². The summed E-state index contributed by atoms with van der Waals surface area (Å²) in [6, 6.07) is 30.9. The monoisotopic (exact) mass is 555 g/mol. The normalized spacial score (nSPS) is 14.7. The first-order valence-electron chi connectivity index (χ1n) is 11.7. The van der Waals surface area contributed by atoms with Gasteiger partial charge in [0.05, 0.1) is 0 Å². The van der Waals surface area contributed by atoms with Crippen molar-refractivity contribution < 1.29 is 4.79 Å². The van der Waals surface area contributed by atoms with E-state index in [2.05, 4.69) is 9.83 Å². The van der Waals surface area contributed by atoms with Crippen molar-refractivity contribution in [1.29, 1.82) is 5.26 Å². The van der Waals surface area contributed by atoms with Crippen molar-refractivity contribution in [3.05, 3.63) is 135 Å². The molecular weight excluding hydrogens is 537 g/mol. The van der Waals surface area contributed by atoms with Crippen LogP contribution in [0, 0.1) is 17.9 Å². The fourth-order valence-electron chi connectivity index (χ4n) is 4.50. The number of carbonyl (C=O) groups is 1. The third kappa shape index (κ3) is 4.03. The molecule has 2 aromatic heterocycles. The molecule has 0 bridgehead atoms. The standard InChI is InChI=1S/C31H17N5OSe/c1-33-27(18-32)29-23-12-6-7-13-24(23)30(37)25(29)17-22-15-16-28(38-22)36(21-10-3-2-4-11-21)31-34-19-20-9-5-8-14-26(20)35-31/h2-17,19H/b25-17+,29-27-. The first-order chi connectivity index (χ1) is 18.7. The van der Waals surface area contributed by atoms with Crippen LogP contribution in [-0.4, -0.2) is 30.3 Å². The van der Waals surface area contributed by atoms with E-state index in [1.807, 2.05) is 96.0 Å². The summed E-state index contributed by atoms with van der Waals surface area (Å²) in [7, 11) is 0. The molecule has 2 heterocycles. The minimum atomic E-state index is -0.192. The summed E-state index contributed by atoms with van der Waals surface area (Å²) in [4.78, 5) is 28.3. The van der Waals surface area contributed by atoms with E-state index in [0.29, 0.717) is 28.2 Å². The molecule has 0 N–H and O–H groups in total. The molecular formula is C31H17N5OSe. The molecule has 1 aliphatic carbocycles. The van der Waals surface area contributed by atoms with Crippen molar-refractivity contribution in [1.82, 2.24) is 9.97 Å². The number of benzene rings is 3. The van der Waals surface area contributed by atoms with Gasteiger partial charge in [0.15, 0.2) is 0 Å². The summed E-state index contributed by atoms with van der Waals surface area (Å²) < 4.78 is 1.95. The molecule has 5 aromatic rings. The first-order valence-corrected chi connectivity index (χ1v) is 13.4. The Labute approximate surface area is 225 Å². The average molecular weight is 554 g/mol. The van der Waals surface area contributed by atoms with E-state index < -0.39 is 0 Å². The number of aromatic nitrogens is 2. The van der Waals surface area contributed by atoms with Gasteiger partial charge in [-0.05, 0) is 0 Å². The molecule has 0 atom stereocenters. The number of carbonyl (C=O) groups excluding carboxylic acids is 1. The number of fused-ring (bicyclic) bond motifs is 2. The topological polar surface area (TPSA) is 74.2 Å². The third-order valence-electron chi connectivity index (χ3n) is 6.22. The summed E-state index contributed by atoms with van der Waals surface area (Å²) in [5.41, 5.74) is 3.64. The second kappa shape index (κ2) is 9.76. The maximum atomic E-state index is 13.3. The second-order valence-electron chi connectivity index (χ2n) is 8.46. The fraction of sp³-hybridized carbons (Fsp3) is 0. The summed E-state index contributed by atoms with van der Waals surface area (Å²) in [6.07, 6.45) is 3.65. The summed E-state index contributed by atoms with van der Waals surface area (Å²) in [5.74, 6) is 0.393. The van der Waals surface area contributed by atoms with Crippen molar-refractivity contribution in [2.75, 3.05) is 4.90 Å². The first kappa shape index (κ1) is 23.3. The van der Waals surface area contributed by atoms with Crippen LogP contribution < -0.4 is 4.90 Å². The Morgan fingerprint density at radius 2 is 1.68 bits per heavy atom. The van der Waals surface area contributed by atoms with Gasteiger partial charge >= 0.3 is 225 Å². The number of nitriles is 1. The molecule has 3 aromatic carbocycles. The van der Waals surface area contributed by atoms with Crippen LogP contribution in [0.25, 0.3) is 27.4 Å². The molecule has 6 nitrogen and oxygen atoms in total. The molecule has 0 fully saturated rings. The fourth-order valence-corrected chi connectivity index (χ4v) is 6.54. The molecule has 0 unspecified atom stereocenters. The molecule has 0 radical (unpaired) electrons. The maximum absolute atomic E-state index is 13.3. The van der Waals surface area contributed by atoms with E-state index in [4.69, 9.17) is 11.6 Å². The number of ketones is 1. The van der Waals surface area contributed by atoms with Gasteiger partial charge in [0.1, 0.15) is 0 Å². The molecule has 38 heavy (non-hydrogen) atoms. The van der Waals surface area contributed by atoms with Crippen LogP contribution in [0.5, 0.6) is 0 Å². The average Bonchev–Trinajstić information content (AvgIpc) is 3.53. The molecule has 0 saturated heterocycles. The number of hydrogen-bond acceptors (Lipinski definition) is 5. The van der Waals surface area contributed by atoms with E-state index >= 15 is 0 Å². The Kier molecular flexibility index (Phi) is 6.00. The number of nitrogens with zero attached hydrogens (tertiary/aromatic N) is 5. The number of anilines is 3. The quantitative estimate of drug-likeness (QED) is 0.108. The Morgan fingerprint density at radius 1 is 0.947 bits per heavy atom. The number of hydrogen-bond donors (Lipinski definition) is 0. The zero-order chi connectivity index (χ0) is 26.1. The molecule has 0 saturated carbocycles. The van der Waals surface area contributed by atoms with E-state index in [0.717, 1.165) is 25.6 Å².